The molecule has 0 radical (unpaired) electrons. The Kier molecular flexibility index (Phi) is 4.12. The van der Waals surface area contributed by atoms with Gasteiger partial charge in [0.2, 0.25) is 17.7 Å². The van der Waals surface area contributed by atoms with Crippen molar-refractivity contribution in [3.63, 3.8) is 0 Å². The van der Waals surface area contributed by atoms with Crippen LogP contribution in [-0.2, 0) is 20.8 Å². The Balaban J connectivity index is 1.37. The molecule has 1 aliphatic carbocycles. The number of carbonyl (C=O) groups excluding carboxylic acids is 3. The third-order valence-corrected chi connectivity index (χ3v) is 5.79. The maximum atomic E-state index is 12.5. The zero-order chi connectivity index (χ0) is 17.6. The first kappa shape index (κ1) is 16.3. The molecule has 1 aromatic rings. The summed E-state index contributed by atoms with van der Waals surface area (Å²) in [6.07, 6.45) is 5.50. The van der Waals surface area contributed by atoms with Crippen LogP contribution in [0.2, 0.25) is 5.02 Å². The van der Waals surface area contributed by atoms with Gasteiger partial charge in [0.1, 0.15) is 0 Å². The topological polar surface area (TPSA) is 57.7 Å². The number of rotatable bonds is 3. The molecule has 0 spiro atoms. The standard InChI is InChI=1S/C19H19ClN2O3/c20-16-8-4-1-5-12(16)9-17(23)21-10-13(11-21)22-18(24)14-6-2-3-7-15(14)19(22)25/h1-5,8,13-15H,6-7,9-11H2. The average Bonchev–Trinajstić information content (AvgIpc) is 2.81. The minimum Gasteiger partial charge on any atom is -0.338 e. The third-order valence-electron chi connectivity index (χ3n) is 5.42. The van der Waals surface area contributed by atoms with Gasteiger partial charge in [-0.15, -0.1) is 0 Å². The van der Waals surface area contributed by atoms with Crippen molar-refractivity contribution in [2.75, 3.05) is 13.1 Å². The number of nitrogens with zero attached hydrogens (tertiary/aromatic N) is 2. The Hall–Kier alpha value is -2.14. The molecule has 1 aromatic carbocycles. The van der Waals surface area contributed by atoms with E-state index in [4.69, 9.17) is 11.6 Å². The molecule has 2 heterocycles. The molecule has 2 aliphatic heterocycles. The van der Waals surface area contributed by atoms with Crippen LogP contribution in [0.4, 0.5) is 0 Å². The number of benzene rings is 1. The minimum absolute atomic E-state index is 0.0254. The number of amides is 3. The maximum absolute atomic E-state index is 12.5. The van der Waals surface area contributed by atoms with E-state index in [2.05, 4.69) is 0 Å². The SMILES string of the molecule is O=C(Cc1ccccc1Cl)N1CC(N2C(=O)C3CC=CCC3C2=O)C1. The van der Waals surface area contributed by atoms with E-state index in [0.29, 0.717) is 31.0 Å². The lowest BCUT2D eigenvalue weighted by Gasteiger charge is -2.43. The predicted octanol–water partition coefficient (Wildman–Crippen LogP) is 2.04. The van der Waals surface area contributed by atoms with Gasteiger partial charge in [0, 0.05) is 18.1 Å². The summed E-state index contributed by atoms with van der Waals surface area (Å²) in [5.74, 6) is -0.566. The zero-order valence-electron chi connectivity index (χ0n) is 13.7. The summed E-state index contributed by atoms with van der Waals surface area (Å²) < 4.78 is 0. The Morgan fingerprint density at radius 1 is 1.04 bits per heavy atom. The molecule has 0 saturated carbocycles. The highest BCUT2D eigenvalue weighted by molar-refractivity contribution is 6.31. The van der Waals surface area contributed by atoms with Gasteiger partial charge in [-0.2, -0.15) is 0 Å². The molecule has 0 aromatic heterocycles. The summed E-state index contributed by atoms with van der Waals surface area (Å²) in [5.41, 5.74) is 0.794. The number of fused-ring (bicyclic) bond motifs is 1. The highest BCUT2D eigenvalue weighted by Crippen LogP contribution is 2.37. The molecule has 2 saturated heterocycles. The second-order valence-electron chi connectivity index (χ2n) is 6.92. The highest BCUT2D eigenvalue weighted by Gasteiger charge is 2.52. The van der Waals surface area contributed by atoms with E-state index in [-0.39, 0.29) is 42.0 Å². The molecule has 130 valence electrons. The number of imide groups is 1. The van der Waals surface area contributed by atoms with Crippen LogP contribution >= 0.6 is 11.6 Å². The fourth-order valence-corrected chi connectivity index (χ4v) is 4.13. The first-order valence-electron chi connectivity index (χ1n) is 8.59. The molecular weight excluding hydrogens is 340 g/mol. The average molecular weight is 359 g/mol. The van der Waals surface area contributed by atoms with Crippen molar-refractivity contribution in [3.05, 3.63) is 47.0 Å². The van der Waals surface area contributed by atoms with Gasteiger partial charge in [0.05, 0.1) is 24.3 Å². The van der Waals surface area contributed by atoms with Gasteiger partial charge < -0.3 is 4.90 Å². The lowest BCUT2D eigenvalue weighted by atomic mass is 9.85. The monoisotopic (exact) mass is 358 g/mol. The molecule has 3 amide bonds. The number of hydrogen-bond donors (Lipinski definition) is 0. The Bertz CT molecular complexity index is 744. The van der Waals surface area contributed by atoms with Crippen LogP contribution < -0.4 is 0 Å². The van der Waals surface area contributed by atoms with Crippen molar-refractivity contribution in [1.82, 2.24) is 9.80 Å². The van der Waals surface area contributed by atoms with Crippen LogP contribution in [0, 0.1) is 11.8 Å². The number of hydrogen-bond acceptors (Lipinski definition) is 3. The molecule has 2 fully saturated rings. The van der Waals surface area contributed by atoms with Crippen LogP contribution in [0.15, 0.2) is 36.4 Å². The van der Waals surface area contributed by atoms with Gasteiger partial charge in [0.15, 0.2) is 0 Å². The molecule has 5 nitrogen and oxygen atoms in total. The van der Waals surface area contributed by atoms with Crippen molar-refractivity contribution in [2.24, 2.45) is 11.8 Å². The van der Waals surface area contributed by atoms with Gasteiger partial charge in [0.25, 0.3) is 0 Å². The first-order chi connectivity index (χ1) is 12.1. The van der Waals surface area contributed by atoms with Crippen LogP contribution in [0.5, 0.6) is 0 Å². The van der Waals surface area contributed by atoms with Crippen LogP contribution in [0.1, 0.15) is 18.4 Å². The number of allylic oxidation sites excluding steroid dienone is 2. The molecule has 3 aliphatic rings. The number of carbonyl (C=O) groups is 3. The normalized spacial score (nSPS) is 26.0. The molecule has 2 atom stereocenters. The summed E-state index contributed by atoms with van der Waals surface area (Å²) in [6.45, 7) is 0.848. The van der Waals surface area contributed by atoms with Gasteiger partial charge in [-0.1, -0.05) is 42.0 Å². The lowest BCUT2D eigenvalue weighted by molar-refractivity contribution is -0.152. The fraction of sp³-hybridized carbons (Fsp3) is 0.421. The maximum Gasteiger partial charge on any atom is 0.233 e. The second-order valence-corrected chi connectivity index (χ2v) is 7.33. The van der Waals surface area contributed by atoms with Crippen molar-refractivity contribution in [1.29, 1.82) is 0 Å². The van der Waals surface area contributed by atoms with E-state index in [1.165, 1.54) is 4.90 Å². The molecule has 4 rings (SSSR count). The summed E-state index contributed by atoms with van der Waals surface area (Å²) in [6, 6.07) is 7.10. The van der Waals surface area contributed by atoms with E-state index < -0.39 is 0 Å². The molecule has 0 bridgehead atoms. The van der Waals surface area contributed by atoms with Gasteiger partial charge in [-0.3, -0.25) is 19.3 Å². The number of halogens is 1. The second kappa shape index (κ2) is 6.30. The summed E-state index contributed by atoms with van der Waals surface area (Å²) in [4.78, 5) is 40.6. The quantitative estimate of drug-likeness (QED) is 0.613. The first-order valence-corrected chi connectivity index (χ1v) is 8.97. The van der Waals surface area contributed by atoms with Crippen LogP contribution in [-0.4, -0.2) is 46.7 Å². The number of likely N-dealkylation sites (tertiary alicyclic amines) is 2. The predicted molar refractivity (Wildman–Crippen MR) is 92.7 cm³/mol. The molecule has 25 heavy (non-hydrogen) atoms. The lowest BCUT2D eigenvalue weighted by Crippen LogP contribution is -2.62. The van der Waals surface area contributed by atoms with Crippen molar-refractivity contribution in [3.8, 4) is 0 Å². The minimum atomic E-state index is -0.203. The van der Waals surface area contributed by atoms with Gasteiger partial charge in [-0.25, -0.2) is 0 Å². The van der Waals surface area contributed by atoms with Gasteiger partial charge in [-0.05, 0) is 24.5 Å². The molecule has 6 heteroatoms. The van der Waals surface area contributed by atoms with E-state index >= 15 is 0 Å². The van der Waals surface area contributed by atoms with Crippen molar-refractivity contribution >= 4 is 29.3 Å². The summed E-state index contributed by atoms with van der Waals surface area (Å²) in [7, 11) is 0. The Morgan fingerprint density at radius 2 is 1.64 bits per heavy atom. The van der Waals surface area contributed by atoms with E-state index in [0.717, 1.165) is 5.56 Å². The Labute approximate surface area is 151 Å². The van der Waals surface area contributed by atoms with E-state index in [9.17, 15) is 14.4 Å². The van der Waals surface area contributed by atoms with E-state index in [1.54, 1.807) is 11.0 Å². The molecule has 2 unspecified atom stereocenters. The largest absolute Gasteiger partial charge is 0.338 e. The highest BCUT2D eigenvalue weighted by atomic mass is 35.5. The Morgan fingerprint density at radius 3 is 2.24 bits per heavy atom. The molecular formula is C19H19ClN2O3. The van der Waals surface area contributed by atoms with Crippen molar-refractivity contribution in [2.45, 2.75) is 25.3 Å². The zero-order valence-corrected chi connectivity index (χ0v) is 14.5. The molecule has 0 N–H and O–H groups in total. The van der Waals surface area contributed by atoms with Crippen LogP contribution in [0.3, 0.4) is 0 Å². The van der Waals surface area contributed by atoms with Crippen molar-refractivity contribution < 1.29 is 14.4 Å². The summed E-state index contributed by atoms with van der Waals surface area (Å²) >= 11 is 6.10. The third kappa shape index (κ3) is 2.76. The smallest absolute Gasteiger partial charge is 0.233 e. The van der Waals surface area contributed by atoms with Gasteiger partial charge >= 0.3 is 0 Å². The van der Waals surface area contributed by atoms with Crippen LogP contribution in [0.25, 0.3) is 0 Å². The fourth-order valence-electron chi connectivity index (χ4n) is 3.92. The van der Waals surface area contributed by atoms with E-state index in [1.807, 2.05) is 30.4 Å². The summed E-state index contributed by atoms with van der Waals surface area (Å²) in [5, 5.41) is 0.578.